The Morgan fingerprint density at radius 3 is 2.26 bits per heavy atom. The molecule has 0 atom stereocenters. The van der Waals surface area contributed by atoms with Crippen LogP contribution in [0.5, 0.6) is 0 Å². The monoisotopic (exact) mass is 366 g/mol. The molecule has 0 unspecified atom stereocenters. The quantitative estimate of drug-likeness (QED) is 0.888. The Bertz CT molecular complexity index is 897. The summed E-state index contributed by atoms with van der Waals surface area (Å²) < 4.78 is 13.7. The number of carbonyl (C=O) groups is 2. The summed E-state index contributed by atoms with van der Waals surface area (Å²) in [7, 11) is 0. The predicted octanol–water partition coefficient (Wildman–Crippen LogP) is 3.00. The van der Waals surface area contributed by atoms with Crippen LogP contribution in [0.1, 0.15) is 21.5 Å². The highest BCUT2D eigenvalue weighted by molar-refractivity contribution is 5.94. The Morgan fingerprint density at radius 1 is 1.04 bits per heavy atom. The van der Waals surface area contributed by atoms with Gasteiger partial charge in [-0.1, -0.05) is 6.07 Å². The molecule has 1 N–H and O–H groups in total. The molecule has 7 heteroatoms. The number of aryl methyl sites for hydroxylation is 1. The molecule has 138 valence electrons. The summed E-state index contributed by atoms with van der Waals surface area (Å²) >= 11 is 0. The van der Waals surface area contributed by atoms with Crippen molar-refractivity contribution in [2.45, 2.75) is 6.92 Å². The highest BCUT2D eigenvalue weighted by atomic mass is 19.1. The van der Waals surface area contributed by atoms with Crippen LogP contribution in [0.3, 0.4) is 0 Å². The van der Waals surface area contributed by atoms with Gasteiger partial charge in [-0.2, -0.15) is 5.26 Å². The number of anilines is 1. The molecule has 1 fully saturated rings. The van der Waals surface area contributed by atoms with Crippen molar-refractivity contribution in [3.8, 4) is 6.07 Å². The van der Waals surface area contributed by atoms with Crippen LogP contribution in [0.2, 0.25) is 0 Å². The van der Waals surface area contributed by atoms with E-state index in [-0.39, 0.29) is 11.9 Å². The normalized spacial score (nSPS) is 13.8. The van der Waals surface area contributed by atoms with Gasteiger partial charge in [-0.25, -0.2) is 9.18 Å². The molecule has 0 aliphatic carbocycles. The van der Waals surface area contributed by atoms with Crippen LogP contribution < -0.4 is 5.32 Å². The molecule has 3 rings (SSSR count). The molecule has 0 saturated carbocycles. The molecule has 1 aliphatic heterocycles. The number of hydrogen-bond acceptors (Lipinski definition) is 3. The highest BCUT2D eigenvalue weighted by Crippen LogP contribution is 2.14. The molecule has 0 spiro atoms. The van der Waals surface area contributed by atoms with E-state index >= 15 is 0 Å². The van der Waals surface area contributed by atoms with E-state index < -0.39 is 5.82 Å². The highest BCUT2D eigenvalue weighted by Gasteiger charge is 2.25. The van der Waals surface area contributed by atoms with Crippen LogP contribution in [0.25, 0.3) is 0 Å². The molecule has 0 aromatic heterocycles. The number of piperazine rings is 1. The standard InChI is InChI=1S/C20H19FN4O2/c1-14-2-5-16(12-18(14)21)19(26)24-8-10-25(11-9-24)20(27)23-17-6-3-15(13-22)4-7-17/h2-7,12H,8-11H2,1H3,(H,23,27). The summed E-state index contributed by atoms with van der Waals surface area (Å²) in [6, 6.07) is 12.8. The Kier molecular flexibility index (Phi) is 5.36. The lowest BCUT2D eigenvalue weighted by atomic mass is 10.1. The number of amides is 3. The first-order valence-corrected chi connectivity index (χ1v) is 8.59. The van der Waals surface area contributed by atoms with E-state index in [1.807, 2.05) is 6.07 Å². The molecule has 2 aromatic carbocycles. The largest absolute Gasteiger partial charge is 0.335 e. The maximum absolute atomic E-state index is 13.7. The van der Waals surface area contributed by atoms with Crippen LogP contribution >= 0.6 is 0 Å². The fourth-order valence-corrected chi connectivity index (χ4v) is 2.85. The van der Waals surface area contributed by atoms with E-state index in [0.717, 1.165) is 0 Å². The van der Waals surface area contributed by atoms with Gasteiger partial charge in [0.05, 0.1) is 11.6 Å². The lowest BCUT2D eigenvalue weighted by molar-refractivity contribution is 0.0671. The van der Waals surface area contributed by atoms with Crippen molar-refractivity contribution in [1.82, 2.24) is 9.80 Å². The maximum atomic E-state index is 13.7. The van der Waals surface area contributed by atoms with Gasteiger partial charge in [-0.15, -0.1) is 0 Å². The lowest BCUT2D eigenvalue weighted by Crippen LogP contribution is -2.51. The topological polar surface area (TPSA) is 76.4 Å². The molecular formula is C20H19FN4O2. The maximum Gasteiger partial charge on any atom is 0.321 e. The van der Waals surface area contributed by atoms with Crippen molar-refractivity contribution >= 4 is 17.6 Å². The van der Waals surface area contributed by atoms with Crippen molar-refractivity contribution in [3.63, 3.8) is 0 Å². The van der Waals surface area contributed by atoms with Crippen LogP contribution in [0.15, 0.2) is 42.5 Å². The van der Waals surface area contributed by atoms with E-state index in [9.17, 15) is 14.0 Å². The number of nitriles is 1. The number of nitrogens with zero attached hydrogens (tertiary/aromatic N) is 3. The minimum absolute atomic E-state index is 0.235. The Morgan fingerprint density at radius 2 is 1.67 bits per heavy atom. The summed E-state index contributed by atoms with van der Waals surface area (Å²) in [5, 5.41) is 11.6. The van der Waals surface area contributed by atoms with Gasteiger partial charge < -0.3 is 15.1 Å². The number of hydrogen-bond donors (Lipinski definition) is 1. The SMILES string of the molecule is Cc1ccc(C(=O)N2CCN(C(=O)Nc3ccc(C#N)cc3)CC2)cc1F. The van der Waals surface area contributed by atoms with E-state index in [1.165, 1.54) is 6.07 Å². The van der Waals surface area contributed by atoms with E-state index in [4.69, 9.17) is 5.26 Å². The molecule has 6 nitrogen and oxygen atoms in total. The average molecular weight is 366 g/mol. The number of benzene rings is 2. The summed E-state index contributed by atoms with van der Waals surface area (Å²) in [4.78, 5) is 28.1. The molecule has 1 saturated heterocycles. The van der Waals surface area contributed by atoms with Crippen LogP contribution in [-0.2, 0) is 0 Å². The van der Waals surface area contributed by atoms with Crippen LogP contribution in [0.4, 0.5) is 14.9 Å². The number of nitrogens with one attached hydrogen (secondary N) is 1. The molecular weight excluding hydrogens is 347 g/mol. The van der Waals surface area contributed by atoms with Crippen molar-refractivity contribution in [3.05, 3.63) is 65.0 Å². The zero-order valence-electron chi connectivity index (χ0n) is 14.9. The first kappa shape index (κ1) is 18.4. The van der Waals surface area contributed by atoms with E-state index in [1.54, 1.807) is 53.1 Å². The zero-order chi connectivity index (χ0) is 19.4. The fourth-order valence-electron chi connectivity index (χ4n) is 2.85. The molecule has 0 radical (unpaired) electrons. The molecule has 1 heterocycles. The summed E-state index contributed by atoms with van der Waals surface area (Å²) in [5.74, 6) is -0.637. The fraction of sp³-hybridized carbons (Fsp3) is 0.250. The molecule has 2 aromatic rings. The number of halogens is 1. The number of carbonyl (C=O) groups excluding carboxylic acids is 2. The molecule has 3 amide bonds. The second-order valence-electron chi connectivity index (χ2n) is 6.36. The third-order valence-corrected chi connectivity index (χ3v) is 4.54. The van der Waals surface area contributed by atoms with Gasteiger partial charge in [0, 0.05) is 37.4 Å². The van der Waals surface area contributed by atoms with Gasteiger partial charge in [-0.05, 0) is 48.9 Å². The number of rotatable bonds is 2. The number of urea groups is 1. The minimum atomic E-state index is -0.402. The van der Waals surface area contributed by atoms with Gasteiger partial charge in [0.25, 0.3) is 5.91 Å². The van der Waals surface area contributed by atoms with Crippen molar-refractivity contribution < 1.29 is 14.0 Å². The predicted molar refractivity (Wildman–Crippen MR) is 98.8 cm³/mol. The Balaban J connectivity index is 1.56. The first-order valence-electron chi connectivity index (χ1n) is 8.59. The van der Waals surface area contributed by atoms with E-state index in [2.05, 4.69) is 5.32 Å². The smallest absolute Gasteiger partial charge is 0.321 e. The summed E-state index contributed by atoms with van der Waals surface area (Å²) in [5.41, 5.74) is 1.93. The van der Waals surface area contributed by atoms with Crippen LogP contribution in [-0.4, -0.2) is 47.9 Å². The Labute approximate surface area is 156 Å². The van der Waals surface area contributed by atoms with Crippen molar-refractivity contribution in [1.29, 1.82) is 5.26 Å². The minimum Gasteiger partial charge on any atom is -0.335 e. The van der Waals surface area contributed by atoms with E-state index in [0.29, 0.717) is 48.6 Å². The van der Waals surface area contributed by atoms with Gasteiger partial charge in [0.15, 0.2) is 0 Å². The average Bonchev–Trinajstić information content (AvgIpc) is 2.70. The molecule has 1 aliphatic rings. The van der Waals surface area contributed by atoms with Gasteiger partial charge in [0.1, 0.15) is 5.82 Å². The molecule has 27 heavy (non-hydrogen) atoms. The lowest BCUT2D eigenvalue weighted by Gasteiger charge is -2.34. The first-order chi connectivity index (χ1) is 13.0. The van der Waals surface area contributed by atoms with Gasteiger partial charge in [-0.3, -0.25) is 4.79 Å². The second kappa shape index (κ2) is 7.87. The Hall–Kier alpha value is -3.40. The third-order valence-electron chi connectivity index (χ3n) is 4.54. The molecule has 0 bridgehead atoms. The second-order valence-corrected chi connectivity index (χ2v) is 6.36. The van der Waals surface area contributed by atoms with Gasteiger partial charge >= 0.3 is 6.03 Å². The summed E-state index contributed by atoms with van der Waals surface area (Å²) in [6.07, 6.45) is 0. The zero-order valence-corrected chi connectivity index (χ0v) is 14.9. The van der Waals surface area contributed by atoms with Crippen molar-refractivity contribution in [2.24, 2.45) is 0 Å². The van der Waals surface area contributed by atoms with Crippen LogP contribution in [0, 0.1) is 24.1 Å². The van der Waals surface area contributed by atoms with Crippen molar-refractivity contribution in [2.75, 3.05) is 31.5 Å². The summed E-state index contributed by atoms with van der Waals surface area (Å²) in [6.45, 7) is 3.20. The van der Waals surface area contributed by atoms with Gasteiger partial charge in [0.2, 0.25) is 0 Å². The third kappa shape index (κ3) is 4.23.